The fourth-order valence-corrected chi connectivity index (χ4v) is 9.93. The molecule has 0 aliphatic heterocycles. The molecule has 64 heavy (non-hydrogen) atoms. The third-order valence-corrected chi connectivity index (χ3v) is 13.2. The van der Waals surface area contributed by atoms with Crippen LogP contribution in [-0.2, 0) is 5.41 Å². The SMILES string of the molecule is CC1(C)c2ccccc2-c2ccc(-c3cc(-c4ccccc4)cc(-c4cc(-n5c6ccc(-c7ccccc7)cc6c6cc(-c7ccccc7)ccc65)nc(-c5ccccc5)n4)c3)cc21. The van der Waals surface area contributed by atoms with Crippen molar-refractivity contribution in [3.63, 3.8) is 0 Å². The molecule has 12 rings (SSSR count). The molecule has 1 aliphatic carbocycles. The summed E-state index contributed by atoms with van der Waals surface area (Å²) in [7, 11) is 0. The van der Waals surface area contributed by atoms with E-state index in [4.69, 9.17) is 9.97 Å². The molecule has 0 atom stereocenters. The normalized spacial score (nSPS) is 12.7. The van der Waals surface area contributed by atoms with Crippen LogP contribution in [0.5, 0.6) is 0 Å². The van der Waals surface area contributed by atoms with Gasteiger partial charge in [0.15, 0.2) is 5.82 Å². The summed E-state index contributed by atoms with van der Waals surface area (Å²) in [5, 5.41) is 2.34. The molecule has 0 N–H and O–H groups in total. The summed E-state index contributed by atoms with van der Waals surface area (Å²) in [6, 6.07) is 81.0. The van der Waals surface area contributed by atoms with Gasteiger partial charge in [-0.05, 0) is 115 Å². The highest BCUT2D eigenvalue weighted by atomic mass is 15.1. The molecule has 2 aromatic heterocycles. The minimum Gasteiger partial charge on any atom is -0.294 e. The van der Waals surface area contributed by atoms with Crippen LogP contribution < -0.4 is 0 Å². The first-order chi connectivity index (χ1) is 31.5. The Bertz CT molecular complexity index is 3450. The van der Waals surface area contributed by atoms with E-state index in [-0.39, 0.29) is 5.41 Å². The predicted octanol–water partition coefficient (Wildman–Crippen LogP) is 15.9. The maximum absolute atomic E-state index is 5.42. The second kappa shape index (κ2) is 15.0. The van der Waals surface area contributed by atoms with Gasteiger partial charge in [-0.2, -0.15) is 0 Å². The van der Waals surface area contributed by atoms with E-state index in [0.717, 1.165) is 50.4 Å². The molecule has 0 radical (unpaired) electrons. The summed E-state index contributed by atoms with van der Waals surface area (Å²) in [5.41, 5.74) is 19.6. The van der Waals surface area contributed by atoms with E-state index in [9.17, 15) is 0 Å². The van der Waals surface area contributed by atoms with Gasteiger partial charge in [-0.25, -0.2) is 9.97 Å². The predicted molar refractivity (Wildman–Crippen MR) is 267 cm³/mol. The molecular weight excluding hydrogens is 775 g/mol. The van der Waals surface area contributed by atoms with Crippen molar-refractivity contribution in [2.45, 2.75) is 19.3 Å². The fraction of sp³-hybridized carbons (Fsp3) is 0.0492. The Morgan fingerprint density at radius 1 is 0.328 bits per heavy atom. The molecule has 9 aromatic carbocycles. The zero-order valence-electron chi connectivity index (χ0n) is 35.7. The van der Waals surface area contributed by atoms with Gasteiger partial charge < -0.3 is 0 Å². The minimum absolute atomic E-state index is 0.111. The number of benzene rings is 9. The van der Waals surface area contributed by atoms with Gasteiger partial charge >= 0.3 is 0 Å². The maximum Gasteiger partial charge on any atom is 0.162 e. The van der Waals surface area contributed by atoms with Crippen LogP contribution in [0.15, 0.2) is 224 Å². The zero-order chi connectivity index (χ0) is 42.8. The molecule has 0 bridgehead atoms. The van der Waals surface area contributed by atoms with Crippen molar-refractivity contribution in [2.75, 3.05) is 0 Å². The molecule has 1 aliphatic rings. The van der Waals surface area contributed by atoms with Gasteiger partial charge in [0.1, 0.15) is 5.82 Å². The first kappa shape index (κ1) is 37.6. The number of nitrogens with zero attached hydrogens (tertiary/aromatic N) is 3. The van der Waals surface area contributed by atoms with Crippen LogP contribution in [0, 0.1) is 0 Å². The molecule has 0 saturated carbocycles. The highest BCUT2D eigenvalue weighted by molar-refractivity contribution is 6.11. The molecule has 0 amide bonds. The molecule has 0 unspecified atom stereocenters. The second-order valence-corrected chi connectivity index (χ2v) is 17.4. The van der Waals surface area contributed by atoms with E-state index in [0.29, 0.717) is 5.82 Å². The van der Waals surface area contributed by atoms with Crippen molar-refractivity contribution in [2.24, 2.45) is 0 Å². The van der Waals surface area contributed by atoms with Gasteiger partial charge in [0.2, 0.25) is 0 Å². The summed E-state index contributed by atoms with van der Waals surface area (Å²) in [6.45, 7) is 4.70. The number of fused-ring (bicyclic) bond motifs is 6. The summed E-state index contributed by atoms with van der Waals surface area (Å²) in [5.74, 6) is 1.49. The van der Waals surface area contributed by atoms with Crippen molar-refractivity contribution in [3.05, 3.63) is 236 Å². The Hall–Kier alpha value is -8.14. The number of hydrogen-bond acceptors (Lipinski definition) is 2. The first-order valence-corrected chi connectivity index (χ1v) is 22.1. The van der Waals surface area contributed by atoms with Crippen LogP contribution >= 0.6 is 0 Å². The molecule has 3 nitrogen and oxygen atoms in total. The van der Waals surface area contributed by atoms with E-state index in [1.54, 1.807) is 0 Å². The van der Waals surface area contributed by atoms with Crippen LogP contribution in [0.4, 0.5) is 0 Å². The molecule has 2 heterocycles. The molecule has 0 saturated heterocycles. The molecular formula is C61H43N3. The minimum atomic E-state index is -0.111. The lowest BCUT2D eigenvalue weighted by molar-refractivity contribution is 0.660. The Balaban J connectivity index is 1.09. The lowest BCUT2D eigenvalue weighted by atomic mass is 9.81. The van der Waals surface area contributed by atoms with Gasteiger partial charge in [-0.1, -0.05) is 184 Å². The van der Waals surface area contributed by atoms with E-state index in [1.165, 1.54) is 60.8 Å². The van der Waals surface area contributed by atoms with Crippen molar-refractivity contribution in [3.8, 4) is 84.1 Å². The molecule has 3 heteroatoms. The van der Waals surface area contributed by atoms with E-state index < -0.39 is 0 Å². The van der Waals surface area contributed by atoms with Crippen LogP contribution in [0.2, 0.25) is 0 Å². The number of hydrogen-bond donors (Lipinski definition) is 0. The average Bonchev–Trinajstić information content (AvgIpc) is 3.81. The lowest BCUT2D eigenvalue weighted by Gasteiger charge is -2.22. The third-order valence-electron chi connectivity index (χ3n) is 13.2. The highest BCUT2D eigenvalue weighted by Crippen LogP contribution is 2.50. The Morgan fingerprint density at radius 3 is 1.38 bits per heavy atom. The van der Waals surface area contributed by atoms with Crippen LogP contribution in [0.3, 0.4) is 0 Å². The summed E-state index contributed by atoms with van der Waals surface area (Å²) in [6.07, 6.45) is 0. The topological polar surface area (TPSA) is 30.7 Å². The largest absolute Gasteiger partial charge is 0.294 e. The molecule has 0 spiro atoms. The van der Waals surface area contributed by atoms with Crippen LogP contribution in [0.25, 0.3) is 106 Å². The van der Waals surface area contributed by atoms with Gasteiger partial charge in [-0.15, -0.1) is 0 Å². The molecule has 0 fully saturated rings. The highest BCUT2D eigenvalue weighted by Gasteiger charge is 2.35. The summed E-state index contributed by atoms with van der Waals surface area (Å²) >= 11 is 0. The average molecular weight is 818 g/mol. The fourth-order valence-electron chi connectivity index (χ4n) is 9.93. The second-order valence-electron chi connectivity index (χ2n) is 17.4. The van der Waals surface area contributed by atoms with E-state index >= 15 is 0 Å². The van der Waals surface area contributed by atoms with Crippen LogP contribution in [-0.4, -0.2) is 14.5 Å². The Kier molecular flexibility index (Phi) is 8.84. The zero-order valence-corrected chi connectivity index (χ0v) is 35.7. The summed E-state index contributed by atoms with van der Waals surface area (Å²) < 4.78 is 2.33. The van der Waals surface area contributed by atoms with Crippen molar-refractivity contribution < 1.29 is 0 Å². The first-order valence-electron chi connectivity index (χ1n) is 22.1. The molecule has 11 aromatic rings. The van der Waals surface area contributed by atoms with Crippen molar-refractivity contribution in [1.82, 2.24) is 14.5 Å². The maximum atomic E-state index is 5.42. The Morgan fingerprint density at radius 2 is 0.781 bits per heavy atom. The van der Waals surface area contributed by atoms with Crippen molar-refractivity contribution >= 4 is 21.8 Å². The van der Waals surface area contributed by atoms with E-state index in [2.05, 4.69) is 237 Å². The van der Waals surface area contributed by atoms with Gasteiger partial charge in [0.25, 0.3) is 0 Å². The van der Waals surface area contributed by atoms with Crippen molar-refractivity contribution in [1.29, 1.82) is 0 Å². The summed E-state index contributed by atoms with van der Waals surface area (Å²) in [4.78, 5) is 10.8. The molecule has 302 valence electrons. The number of rotatable bonds is 7. The Labute approximate surface area is 373 Å². The third kappa shape index (κ3) is 6.36. The monoisotopic (exact) mass is 817 g/mol. The number of aromatic nitrogens is 3. The van der Waals surface area contributed by atoms with E-state index in [1.807, 2.05) is 6.07 Å². The smallest absolute Gasteiger partial charge is 0.162 e. The van der Waals surface area contributed by atoms with Gasteiger partial charge in [-0.3, -0.25) is 4.57 Å². The lowest BCUT2D eigenvalue weighted by Crippen LogP contribution is -2.14. The quantitative estimate of drug-likeness (QED) is 0.160. The van der Waals surface area contributed by atoms with Crippen LogP contribution in [0.1, 0.15) is 25.0 Å². The van der Waals surface area contributed by atoms with Gasteiger partial charge in [0, 0.05) is 33.4 Å². The van der Waals surface area contributed by atoms with Gasteiger partial charge in [0.05, 0.1) is 16.7 Å². The standard InChI is InChI=1S/C61H43N3/c1-61(2)54-26-16-15-25-50(54)51-30-27-46(38-55(51)61)48-33-47(42-21-11-5-12-22-42)34-49(35-48)56-39-59(63-60(62-56)43-23-13-6-14-24-43)64-57-31-28-44(40-17-7-3-8-18-40)36-52(57)53-37-45(29-32-58(53)64)41-19-9-4-10-20-41/h3-39H,1-2H3.